The Bertz CT molecular complexity index is 1290. The van der Waals surface area contributed by atoms with Crippen LogP contribution in [-0.2, 0) is 28.6 Å². The summed E-state index contributed by atoms with van der Waals surface area (Å²) in [5.74, 6) is -0.912. The Morgan fingerprint density at radius 1 is 0.304 bits per heavy atom. The molecule has 0 aromatic carbocycles. The van der Waals surface area contributed by atoms with Gasteiger partial charge in [-0.3, -0.25) is 14.4 Å². The van der Waals surface area contributed by atoms with Crippen LogP contribution in [-0.4, -0.2) is 37.2 Å². The van der Waals surface area contributed by atoms with Crippen LogP contribution < -0.4 is 0 Å². The Morgan fingerprint density at radius 2 is 0.565 bits per heavy atom. The van der Waals surface area contributed by atoms with Crippen LogP contribution in [0.25, 0.3) is 0 Å². The van der Waals surface area contributed by atoms with Crippen molar-refractivity contribution in [1.82, 2.24) is 0 Å². The van der Waals surface area contributed by atoms with Gasteiger partial charge < -0.3 is 14.2 Å². The summed E-state index contributed by atoms with van der Waals surface area (Å²) < 4.78 is 16.9. The first-order chi connectivity index (χ1) is 34.0. The highest BCUT2D eigenvalue weighted by Crippen LogP contribution is 2.16. The molecule has 0 aliphatic heterocycles. The first-order valence-corrected chi connectivity index (χ1v) is 29.4. The number of hydrogen-bond donors (Lipinski definition) is 0. The van der Waals surface area contributed by atoms with Gasteiger partial charge in [0.25, 0.3) is 0 Å². The van der Waals surface area contributed by atoms with Gasteiger partial charge in [-0.05, 0) is 89.9 Å². The fraction of sp³-hybridized carbons (Fsp3) is 0.762. The molecule has 0 heterocycles. The molecular weight excluding hydrogens is 853 g/mol. The predicted molar refractivity (Wildman–Crippen MR) is 298 cm³/mol. The van der Waals surface area contributed by atoms with Gasteiger partial charge >= 0.3 is 17.9 Å². The zero-order valence-corrected chi connectivity index (χ0v) is 45.6. The largest absolute Gasteiger partial charge is 0.462 e. The van der Waals surface area contributed by atoms with Crippen molar-refractivity contribution in [3.8, 4) is 0 Å². The number of carbonyl (C=O) groups is 3. The maximum atomic E-state index is 12.9. The van der Waals surface area contributed by atoms with Crippen LogP contribution in [0.15, 0.2) is 72.9 Å². The molecule has 0 saturated carbocycles. The number of esters is 3. The Kier molecular flexibility index (Phi) is 54.8. The van der Waals surface area contributed by atoms with Gasteiger partial charge in [-0.2, -0.15) is 0 Å². The van der Waals surface area contributed by atoms with Crippen molar-refractivity contribution in [1.29, 1.82) is 0 Å². The van der Waals surface area contributed by atoms with E-state index in [1.807, 2.05) is 0 Å². The quantitative estimate of drug-likeness (QED) is 0.0262. The fourth-order valence-corrected chi connectivity index (χ4v) is 8.29. The van der Waals surface area contributed by atoms with Crippen molar-refractivity contribution < 1.29 is 28.6 Å². The van der Waals surface area contributed by atoms with Crippen molar-refractivity contribution in [2.75, 3.05) is 13.2 Å². The van der Waals surface area contributed by atoms with Crippen molar-refractivity contribution in [3.05, 3.63) is 72.9 Å². The SMILES string of the molecule is CC/C=C\C/C=C\C/C=C\C/C=C\C/C=C\CCCCCC(=O)OC[C@H](COC(=O)CCCCCCCCCCCCCCCCCCC)OC(=O)CCCCCCCCC/C=C\CCCCCC. The van der Waals surface area contributed by atoms with E-state index in [0.29, 0.717) is 19.3 Å². The molecule has 6 heteroatoms. The number of carbonyl (C=O) groups excluding carboxylic acids is 3. The van der Waals surface area contributed by atoms with E-state index in [1.165, 1.54) is 154 Å². The summed E-state index contributed by atoms with van der Waals surface area (Å²) in [5, 5.41) is 0. The van der Waals surface area contributed by atoms with Gasteiger partial charge in [0, 0.05) is 19.3 Å². The summed E-state index contributed by atoms with van der Waals surface area (Å²) in [6, 6.07) is 0. The molecule has 398 valence electrons. The van der Waals surface area contributed by atoms with Gasteiger partial charge in [-0.15, -0.1) is 0 Å². The van der Waals surface area contributed by atoms with Gasteiger partial charge in [-0.1, -0.05) is 254 Å². The maximum absolute atomic E-state index is 12.9. The van der Waals surface area contributed by atoms with E-state index in [1.54, 1.807) is 0 Å². The summed E-state index contributed by atoms with van der Waals surface area (Å²) >= 11 is 0. The smallest absolute Gasteiger partial charge is 0.306 e. The summed E-state index contributed by atoms with van der Waals surface area (Å²) in [4.78, 5) is 38.2. The van der Waals surface area contributed by atoms with E-state index in [-0.39, 0.29) is 31.1 Å². The molecule has 0 aromatic heterocycles. The molecule has 0 radical (unpaired) electrons. The average Bonchev–Trinajstić information content (AvgIpc) is 3.35. The van der Waals surface area contributed by atoms with Crippen LogP contribution in [0.4, 0.5) is 0 Å². The molecule has 0 aliphatic carbocycles. The van der Waals surface area contributed by atoms with Crippen LogP contribution in [0.5, 0.6) is 0 Å². The zero-order valence-electron chi connectivity index (χ0n) is 45.6. The highest BCUT2D eigenvalue weighted by atomic mass is 16.6. The van der Waals surface area contributed by atoms with Crippen molar-refractivity contribution in [2.24, 2.45) is 0 Å². The predicted octanol–water partition coefficient (Wildman–Crippen LogP) is 19.8. The molecule has 0 N–H and O–H groups in total. The first-order valence-electron chi connectivity index (χ1n) is 29.4. The lowest BCUT2D eigenvalue weighted by Crippen LogP contribution is -2.30. The molecule has 0 aromatic rings. The molecule has 0 fully saturated rings. The lowest BCUT2D eigenvalue weighted by Gasteiger charge is -2.18. The summed E-state index contributed by atoms with van der Waals surface area (Å²) in [5.41, 5.74) is 0. The molecule has 0 spiro atoms. The van der Waals surface area contributed by atoms with Crippen molar-refractivity contribution in [3.63, 3.8) is 0 Å². The van der Waals surface area contributed by atoms with Crippen LogP contribution >= 0.6 is 0 Å². The van der Waals surface area contributed by atoms with Gasteiger partial charge in [0.1, 0.15) is 13.2 Å². The van der Waals surface area contributed by atoms with Gasteiger partial charge in [-0.25, -0.2) is 0 Å². The molecular formula is C63H110O6. The minimum atomic E-state index is -0.790. The van der Waals surface area contributed by atoms with Crippen LogP contribution in [0, 0.1) is 0 Å². The highest BCUT2D eigenvalue weighted by Gasteiger charge is 2.19. The normalized spacial score (nSPS) is 12.6. The van der Waals surface area contributed by atoms with E-state index >= 15 is 0 Å². The van der Waals surface area contributed by atoms with Crippen LogP contribution in [0.3, 0.4) is 0 Å². The van der Waals surface area contributed by atoms with E-state index in [0.717, 1.165) is 96.3 Å². The standard InChI is InChI=1S/C63H110O6/c1-4-7-10-13-16-19-22-25-28-30-31-33-36-38-41-44-47-50-53-56-62(65)68-59-60(69-63(66)57-54-51-48-45-42-39-34-27-24-21-18-15-12-9-6-3)58-67-61(64)55-52-49-46-43-40-37-35-32-29-26-23-20-17-14-11-8-5-2/h7,10,16,19,21,24-25,28,31,33,38,41,60H,4-6,8-9,11-15,17-18,20,22-23,26-27,29-30,32,34-37,39-40,42-59H2,1-3H3/b10-7-,19-16-,24-21-,28-25-,33-31-,41-38-/t60-/m0/s1. The molecule has 0 saturated heterocycles. The Hall–Kier alpha value is -3.15. The third-order valence-electron chi connectivity index (χ3n) is 12.7. The Balaban J connectivity index is 4.42. The second kappa shape index (κ2) is 57.4. The second-order valence-electron chi connectivity index (χ2n) is 19.5. The fourth-order valence-electron chi connectivity index (χ4n) is 8.29. The molecule has 69 heavy (non-hydrogen) atoms. The molecule has 0 aliphatic rings. The molecule has 0 rings (SSSR count). The third kappa shape index (κ3) is 55.6. The molecule has 0 amide bonds. The third-order valence-corrected chi connectivity index (χ3v) is 12.7. The van der Waals surface area contributed by atoms with Crippen LogP contribution in [0.1, 0.15) is 290 Å². The van der Waals surface area contributed by atoms with E-state index < -0.39 is 6.10 Å². The highest BCUT2D eigenvalue weighted by molar-refractivity contribution is 5.71. The lowest BCUT2D eigenvalue weighted by molar-refractivity contribution is -0.167. The minimum Gasteiger partial charge on any atom is -0.462 e. The Morgan fingerprint density at radius 3 is 0.928 bits per heavy atom. The van der Waals surface area contributed by atoms with E-state index in [2.05, 4.69) is 93.7 Å². The van der Waals surface area contributed by atoms with E-state index in [9.17, 15) is 14.4 Å². The van der Waals surface area contributed by atoms with Crippen LogP contribution in [0.2, 0.25) is 0 Å². The van der Waals surface area contributed by atoms with Crippen molar-refractivity contribution >= 4 is 17.9 Å². The van der Waals surface area contributed by atoms with Gasteiger partial charge in [0.05, 0.1) is 0 Å². The molecule has 6 nitrogen and oxygen atoms in total. The summed E-state index contributed by atoms with van der Waals surface area (Å²) in [7, 11) is 0. The zero-order chi connectivity index (χ0) is 50.0. The number of hydrogen-bond acceptors (Lipinski definition) is 6. The first kappa shape index (κ1) is 65.8. The van der Waals surface area contributed by atoms with E-state index in [4.69, 9.17) is 14.2 Å². The minimum absolute atomic E-state index is 0.0852. The Labute approximate surface area is 427 Å². The number of rotatable bonds is 53. The summed E-state index contributed by atoms with van der Waals surface area (Å²) in [6.07, 6.45) is 73.2. The number of allylic oxidation sites excluding steroid dienone is 12. The van der Waals surface area contributed by atoms with Gasteiger partial charge in [0.2, 0.25) is 0 Å². The molecule has 1 atom stereocenters. The summed E-state index contributed by atoms with van der Waals surface area (Å²) in [6.45, 7) is 6.51. The molecule has 0 bridgehead atoms. The molecule has 0 unspecified atom stereocenters. The average molecular weight is 964 g/mol. The lowest BCUT2D eigenvalue weighted by atomic mass is 10.0. The second-order valence-corrected chi connectivity index (χ2v) is 19.5. The monoisotopic (exact) mass is 963 g/mol. The van der Waals surface area contributed by atoms with Gasteiger partial charge in [0.15, 0.2) is 6.10 Å². The number of ether oxygens (including phenoxy) is 3. The number of unbranched alkanes of at least 4 members (excludes halogenated alkanes) is 30. The topological polar surface area (TPSA) is 78.9 Å². The maximum Gasteiger partial charge on any atom is 0.306 e. The van der Waals surface area contributed by atoms with Crippen molar-refractivity contribution in [2.45, 2.75) is 297 Å².